The number of hydrogen-bond acceptors (Lipinski definition) is 3. The Morgan fingerprint density at radius 1 is 1.05 bits per heavy atom. The van der Waals surface area contributed by atoms with E-state index in [1.54, 1.807) is 0 Å². The molecule has 0 amide bonds. The Kier molecular flexibility index (Phi) is 4.40. The summed E-state index contributed by atoms with van der Waals surface area (Å²) in [5.41, 5.74) is 6.42. The smallest absolute Gasteiger partial charge is 0.0570 e. The number of aliphatic hydroxyl groups excluding tert-OH is 1. The molecule has 0 radical (unpaired) electrons. The highest BCUT2D eigenvalue weighted by Crippen LogP contribution is 2.39. The molecule has 3 heteroatoms. The van der Waals surface area contributed by atoms with Gasteiger partial charge in [-0.05, 0) is 62.7 Å². The first-order valence-corrected chi connectivity index (χ1v) is 8.74. The summed E-state index contributed by atoms with van der Waals surface area (Å²) in [6, 6.07) is 1.67. The van der Waals surface area contributed by atoms with Gasteiger partial charge in [-0.15, -0.1) is 0 Å². The maximum atomic E-state index is 9.93. The molecule has 1 aliphatic carbocycles. The molecule has 3 N–H and O–H groups in total. The maximum absolute atomic E-state index is 9.93. The second-order valence-electron chi connectivity index (χ2n) is 7.95. The van der Waals surface area contributed by atoms with Gasteiger partial charge in [0.2, 0.25) is 0 Å². The number of aliphatic hydroxyl groups is 1. The summed E-state index contributed by atoms with van der Waals surface area (Å²) in [6.45, 7) is 5.91. The van der Waals surface area contributed by atoms with Crippen LogP contribution in [0.3, 0.4) is 0 Å². The molecule has 1 saturated carbocycles. The summed E-state index contributed by atoms with van der Waals surface area (Å²) < 4.78 is 0. The Morgan fingerprint density at radius 3 is 2.30 bits per heavy atom. The van der Waals surface area contributed by atoms with Crippen molar-refractivity contribution in [2.75, 3.05) is 6.54 Å². The molecule has 2 bridgehead atoms. The lowest BCUT2D eigenvalue weighted by Crippen LogP contribution is -2.50. The topological polar surface area (TPSA) is 49.5 Å². The zero-order chi connectivity index (χ0) is 14.3. The van der Waals surface area contributed by atoms with E-state index in [4.69, 9.17) is 5.73 Å². The lowest BCUT2D eigenvalue weighted by Gasteiger charge is -2.43. The molecule has 2 saturated heterocycles. The predicted octanol–water partition coefficient (Wildman–Crippen LogP) is 2.37. The number of hydrogen-bond donors (Lipinski definition) is 2. The molecule has 0 spiro atoms. The van der Waals surface area contributed by atoms with Crippen molar-refractivity contribution < 1.29 is 5.11 Å². The second-order valence-corrected chi connectivity index (χ2v) is 7.95. The van der Waals surface area contributed by atoms with Crippen LogP contribution in [0, 0.1) is 17.8 Å². The highest BCUT2D eigenvalue weighted by molar-refractivity contribution is 4.97. The van der Waals surface area contributed by atoms with E-state index in [2.05, 4.69) is 18.7 Å². The normalized spacial score (nSPS) is 46.0. The molecule has 3 fully saturated rings. The van der Waals surface area contributed by atoms with Crippen LogP contribution in [-0.2, 0) is 0 Å². The lowest BCUT2D eigenvalue weighted by molar-refractivity contribution is 0.0167. The number of fused-ring (bicyclic) bond motifs is 2. The molecular weight excluding hydrogens is 248 g/mol. The van der Waals surface area contributed by atoms with E-state index >= 15 is 0 Å². The average molecular weight is 280 g/mol. The van der Waals surface area contributed by atoms with Gasteiger partial charge < -0.3 is 10.8 Å². The van der Waals surface area contributed by atoms with Crippen LogP contribution in [-0.4, -0.2) is 40.8 Å². The maximum Gasteiger partial charge on any atom is 0.0570 e. The zero-order valence-electron chi connectivity index (χ0n) is 13.2. The summed E-state index contributed by atoms with van der Waals surface area (Å²) in [5.74, 6) is 2.34. The van der Waals surface area contributed by atoms with Crippen LogP contribution >= 0.6 is 0 Å². The molecule has 5 unspecified atom stereocenters. The van der Waals surface area contributed by atoms with Crippen molar-refractivity contribution >= 4 is 0 Å². The average Bonchev–Trinajstić information content (AvgIpc) is 2.64. The monoisotopic (exact) mass is 280 g/mol. The van der Waals surface area contributed by atoms with E-state index in [1.807, 2.05) is 0 Å². The molecular formula is C17H32N2O. The van der Waals surface area contributed by atoms with Crippen molar-refractivity contribution in [3.63, 3.8) is 0 Å². The van der Waals surface area contributed by atoms with Gasteiger partial charge in [0.15, 0.2) is 0 Å². The Morgan fingerprint density at radius 2 is 1.70 bits per heavy atom. The van der Waals surface area contributed by atoms with E-state index < -0.39 is 0 Å². The molecule has 5 atom stereocenters. The number of nitrogens with two attached hydrogens (primary N) is 1. The van der Waals surface area contributed by atoms with E-state index in [9.17, 15) is 5.11 Å². The molecule has 20 heavy (non-hydrogen) atoms. The quantitative estimate of drug-likeness (QED) is 0.834. The summed E-state index contributed by atoms with van der Waals surface area (Å²) in [7, 11) is 0. The predicted molar refractivity (Wildman–Crippen MR) is 82.4 cm³/mol. The van der Waals surface area contributed by atoms with E-state index in [1.165, 1.54) is 38.6 Å². The molecule has 3 rings (SSSR count). The van der Waals surface area contributed by atoms with Crippen molar-refractivity contribution in [3.8, 4) is 0 Å². The van der Waals surface area contributed by atoms with Gasteiger partial charge in [0, 0.05) is 24.7 Å². The summed E-state index contributed by atoms with van der Waals surface area (Å²) >= 11 is 0. The summed E-state index contributed by atoms with van der Waals surface area (Å²) in [4.78, 5) is 2.71. The van der Waals surface area contributed by atoms with Crippen LogP contribution in [0.15, 0.2) is 0 Å². The van der Waals surface area contributed by atoms with Gasteiger partial charge in [-0.2, -0.15) is 0 Å². The standard InChI is InChI=1S/C17H32N2O/c1-11(2)12-3-6-17(18)13(7-12)10-19-14-4-5-15(19)9-16(20)8-14/h11-17,20H,3-10,18H2,1-2H3. The Labute approximate surface area is 123 Å². The van der Waals surface area contributed by atoms with Crippen LogP contribution < -0.4 is 5.73 Å². The van der Waals surface area contributed by atoms with Gasteiger partial charge >= 0.3 is 0 Å². The third-order valence-corrected chi connectivity index (χ3v) is 6.33. The van der Waals surface area contributed by atoms with Crippen LogP contribution in [0.2, 0.25) is 0 Å². The minimum Gasteiger partial charge on any atom is -0.393 e. The van der Waals surface area contributed by atoms with Crippen LogP contribution in [0.25, 0.3) is 0 Å². The minimum absolute atomic E-state index is 0.0489. The number of nitrogens with zero attached hydrogens (tertiary/aromatic N) is 1. The van der Waals surface area contributed by atoms with Crippen molar-refractivity contribution in [1.29, 1.82) is 0 Å². The largest absolute Gasteiger partial charge is 0.393 e. The third-order valence-electron chi connectivity index (χ3n) is 6.33. The fourth-order valence-corrected chi connectivity index (χ4v) is 4.95. The fraction of sp³-hybridized carbons (Fsp3) is 1.00. The second kappa shape index (κ2) is 5.94. The SMILES string of the molecule is CC(C)C1CCC(N)C(CN2C3CCC2CC(O)C3)C1. The van der Waals surface area contributed by atoms with Gasteiger partial charge in [-0.1, -0.05) is 13.8 Å². The molecule has 3 aliphatic rings. The molecule has 3 nitrogen and oxygen atoms in total. The Bertz CT molecular complexity index is 319. The van der Waals surface area contributed by atoms with Gasteiger partial charge in [-0.25, -0.2) is 0 Å². The van der Waals surface area contributed by atoms with Crippen molar-refractivity contribution in [3.05, 3.63) is 0 Å². The third kappa shape index (κ3) is 2.90. The van der Waals surface area contributed by atoms with Gasteiger partial charge in [0.05, 0.1) is 6.10 Å². The highest BCUT2D eigenvalue weighted by atomic mass is 16.3. The first kappa shape index (κ1) is 14.8. The first-order valence-electron chi connectivity index (χ1n) is 8.74. The van der Waals surface area contributed by atoms with Crippen LogP contribution in [0.1, 0.15) is 58.8 Å². The van der Waals surface area contributed by atoms with Gasteiger partial charge in [0.1, 0.15) is 0 Å². The number of piperidine rings is 1. The first-order chi connectivity index (χ1) is 9.54. The molecule has 116 valence electrons. The molecule has 0 aromatic carbocycles. The Hall–Kier alpha value is -0.120. The van der Waals surface area contributed by atoms with Crippen molar-refractivity contribution in [2.45, 2.75) is 83.0 Å². The van der Waals surface area contributed by atoms with E-state index in [0.29, 0.717) is 24.0 Å². The van der Waals surface area contributed by atoms with Gasteiger partial charge in [-0.3, -0.25) is 4.90 Å². The lowest BCUT2D eigenvalue weighted by atomic mass is 9.73. The van der Waals surface area contributed by atoms with Crippen molar-refractivity contribution in [1.82, 2.24) is 4.90 Å². The van der Waals surface area contributed by atoms with Crippen LogP contribution in [0.5, 0.6) is 0 Å². The van der Waals surface area contributed by atoms with Crippen molar-refractivity contribution in [2.24, 2.45) is 23.5 Å². The Balaban J connectivity index is 1.62. The summed E-state index contributed by atoms with van der Waals surface area (Å²) in [5, 5.41) is 9.93. The number of rotatable bonds is 3. The fourth-order valence-electron chi connectivity index (χ4n) is 4.95. The summed E-state index contributed by atoms with van der Waals surface area (Å²) in [6.07, 6.45) is 8.36. The van der Waals surface area contributed by atoms with Crippen LogP contribution in [0.4, 0.5) is 0 Å². The minimum atomic E-state index is -0.0489. The van der Waals surface area contributed by atoms with E-state index in [-0.39, 0.29) is 6.10 Å². The molecule has 2 heterocycles. The molecule has 0 aromatic rings. The molecule has 2 aliphatic heterocycles. The van der Waals surface area contributed by atoms with E-state index in [0.717, 1.165) is 24.7 Å². The zero-order valence-corrected chi connectivity index (χ0v) is 13.2. The highest BCUT2D eigenvalue weighted by Gasteiger charge is 2.42. The molecule has 0 aromatic heterocycles. The van der Waals surface area contributed by atoms with Gasteiger partial charge in [0.25, 0.3) is 0 Å².